The fourth-order valence-corrected chi connectivity index (χ4v) is 2.04. The Bertz CT molecular complexity index is 774. The molecule has 2 rings (SSSR count). The maximum atomic E-state index is 11.8. The third kappa shape index (κ3) is 5.03. The Hall–Kier alpha value is -3.42. The summed E-state index contributed by atoms with van der Waals surface area (Å²) in [6.45, 7) is -0.0751. The number of nitrogens with zero attached hydrogens (tertiary/aromatic N) is 1. The first kappa shape index (κ1) is 17.9. The van der Waals surface area contributed by atoms with Gasteiger partial charge in [-0.25, -0.2) is 0 Å². The van der Waals surface area contributed by atoms with Crippen LogP contribution < -0.4 is 15.4 Å². The predicted molar refractivity (Wildman–Crippen MR) is 90.3 cm³/mol. The third-order valence-corrected chi connectivity index (χ3v) is 3.35. The number of hydrogen-bond donors (Lipinski definition) is 2. The molecule has 8 nitrogen and oxygen atoms in total. The molecular weight excluding hydrogens is 326 g/mol. The molecule has 0 spiro atoms. The van der Waals surface area contributed by atoms with E-state index in [4.69, 9.17) is 4.74 Å². The minimum Gasteiger partial charge on any atom is -0.477 e. The fraction of sp³-hybridized carbons (Fsp3) is 0.176. The zero-order valence-electron chi connectivity index (χ0n) is 13.5. The number of nitrogens with one attached hydrogen (secondary N) is 2. The van der Waals surface area contributed by atoms with Crippen molar-refractivity contribution >= 4 is 17.5 Å². The normalized spacial score (nSPS) is 9.96. The lowest BCUT2D eigenvalue weighted by Crippen LogP contribution is -2.28. The van der Waals surface area contributed by atoms with Crippen molar-refractivity contribution in [3.8, 4) is 5.75 Å². The number of rotatable bonds is 7. The highest BCUT2D eigenvalue weighted by Crippen LogP contribution is 2.25. The average molecular weight is 343 g/mol. The molecule has 0 unspecified atom stereocenters. The minimum absolute atomic E-state index is 0.0394. The largest absolute Gasteiger partial charge is 0.477 e. The number of hydrogen-bond acceptors (Lipinski definition) is 5. The molecule has 0 aliphatic rings. The molecule has 8 heteroatoms. The Morgan fingerprint density at radius 2 is 1.80 bits per heavy atom. The number of amides is 2. The Morgan fingerprint density at radius 3 is 2.44 bits per heavy atom. The quantitative estimate of drug-likeness (QED) is 0.587. The van der Waals surface area contributed by atoms with E-state index in [1.165, 1.54) is 18.2 Å². The maximum Gasteiger partial charge on any atom is 0.310 e. The van der Waals surface area contributed by atoms with Crippen molar-refractivity contribution in [3.05, 3.63) is 69.8 Å². The number of carbonyl (C=O) groups excluding carboxylic acids is 2. The third-order valence-electron chi connectivity index (χ3n) is 3.35. The van der Waals surface area contributed by atoms with Gasteiger partial charge < -0.3 is 15.4 Å². The summed E-state index contributed by atoms with van der Waals surface area (Å²) in [6.07, 6.45) is 0. The number of carbonyl (C=O) groups is 2. The molecule has 0 bridgehead atoms. The van der Waals surface area contributed by atoms with Crippen LogP contribution in [0.15, 0.2) is 48.5 Å². The van der Waals surface area contributed by atoms with E-state index in [1.807, 2.05) is 0 Å². The number of ether oxygens (including phenoxy) is 1. The van der Waals surface area contributed by atoms with Crippen molar-refractivity contribution in [1.82, 2.24) is 10.6 Å². The topological polar surface area (TPSA) is 111 Å². The summed E-state index contributed by atoms with van der Waals surface area (Å²) in [5.41, 5.74) is 1.14. The van der Waals surface area contributed by atoms with Gasteiger partial charge in [-0.15, -0.1) is 0 Å². The van der Waals surface area contributed by atoms with Gasteiger partial charge in [0.05, 0.1) is 4.92 Å². The molecule has 25 heavy (non-hydrogen) atoms. The van der Waals surface area contributed by atoms with Gasteiger partial charge in [-0.3, -0.25) is 19.7 Å². The van der Waals surface area contributed by atoms with Crippen LogP contribution in [0.5, 0.6) is 5.75 Å². The van der Waals surface area contributed by atoms with Crippen LogP contribution in [0.2, 0.25) is 0 Å². The fourth-order valence-electron chi connectivity index (χ4n) is 2.04. The Morgan fingerprint density at radius 1 is 1.12 bits per heavy atom. The summed E-state index contributed by atoms with van der Waals surface area (Å²) in [5, 5.41) is 16.0. The van der Waals surface area contributed by atoms with Gasteiger partial charge >= 0.3 is 5.69 Å². The zero-order chi connectivity index (χ0) is 18.2. The van der Waals surface area contributed by atoms with Gasteiger partial charge in [0.1, 0.15) is 0 Å². The molecule has 2 aromatic rings. The van der Waals surface area contributed by atoms with E-state index in [0.717, 1.165) is 5.56 Å². The van der Waals surface area contributed by atoms with Crippen molar-refractivity contribution in [3.63, 3.8) is 0 Å². The van der Waals surface area contributed by atoms with E-state index in [2.05, 4.69) is 10.6 Å². The molecule has 2 amide bonds. The van der Waals surface area contributed by atoms with Crippen LogP contribution in [0.4, 0.5) is 5.69 Å². The molecule has 2 aromatic carbocycles. The van der Waals surface area contributed by atoms with Crippen LogP contribution in [0.1, 0.15) is 15.9 Å². The number of benzene rings is 2. The lowest BCUT2D eigenvalue weighted by molar-refractivity contribution is -0.385. The molecule has 0 saturated carbocycles. The molecular formula is C17H17N3O5. The highest BCUT2D eigenvalue weighted by atomic mass is 16.6. The summed E-state index contributed by atoms with van der Waals surface area (Å²) < 4.78 is 5.21. The maximum absolute atomic E-state index is 11.8. The number of nitro groups is 1. The molecule has 0 heterocycles. The van der Waals surface area contributed by atoms with Crippen molar-refractivity contribution in [2.45, 2.75) is 6.54 Å². The van der Waals surface area contributed by atoms with E-state index in [1.54, 1.807) is 37.4 Å². The van der Waals surface area contributed by atoms with Gasteiger partial charge in [-0.1, -0.05) is 24.3 Å². The van der Waals surface area contributed by atoms with E-state index < -0.39 is 10.8 Å². The summed E-state index contributed by atoms with van der Waals surface area (Å²) in [4.78, 5) is 33.6. The lowest BCUT2D eigenvalue weighted by atomic mass is 10.1. The molecule has 130 valence electrons. The average Bonchev–Trinajstić information content (AvgIpc) is 2.64. The number of para-hydroxylation sites is 2. The van der Waals surface area contributed by atoms with Crippen LogP contribution in [0.25, 0.3) is 0 Å². The SMILES string of the molecule is CNC(=O)c1ccc(CNC(=O)COc2ccccc2[N+](=O)[O-])cc1. The second kappa shape index (κ2) is 8.44. The van der Waals surface area contributed by atoms with E-state index in [0.29, 0.717) is 5.56 Å². The first-order valence-corrected chi connectivity index (χ1v) is 7.45. The first-order valence-electron chi connectivity index (χ1n) is 7.45. The molecule has 0 aliphatic heterocycles. The molecule has 2 N–H and O–H groups in total. The molecule has 0 fully saturated rings. The Balaban J connectivity index is 1.85. The zero-order valence-corrected chi connectivity index (χ0v) is 13.5. The van der Waals surface area contributed by atoms with E-state index in [-0.39, 0.29) is 30.5 Å². The summed E-state index contributed by atoms with van der Waals surface area (Å²) >= 11 is 0. The van der Waals surface area contributed by atoms with Gasteiger partial charge in [0.25, 0.3) is 11.8 Å². The minimum atomic E-state index is -0.568. The van der Waals surface area contributed by atoms with Crippen molar-refractivity contribution in [2.24, 2.45) is 0 Å². The Kier molecular flexibility index (Phi) is 6.05. The van der Waals surface area contributed by atoms with Gasteiger partial charge in [0.2, 0.25) is 0 Å². The van der Waals surface area contributed by atoms with Crippen molar-refractivity contribution in [2.75, 3.05) is 13.7 Å². The van der Waals surface area contributed by atoms with Crippen molar-refractivity contribution < 1.29 is 19.2 Å². The molecule has 0 aliphatic carbocycles. The summed E-state index contributed by atoms with van der Waals surface area (Å²) in [5.74, 6) is -0.556. The molecule has 0 atom stereocenters. The van der Waals surface area contributed by atoms with Gasteiger partial charge in [0, 0.05) is 25.2 Å². The van der Waals surface area contributed by atoms with E-state index >= 15 is 0 Å². The Labute approximate surface area is 144 Å². The number of nitro benzene ring substituents is 1. The van der Waals surface area contributed by atoms with Crippen molar-refractivity contribution in [1.29, 1.82) is 0 Å². The molecule has 0 radical (unpaired) electrons. The smallest absolute Gasteiger partial charge is 0.310 e. The van der Waals surface area contributed by atoms with Crippen LogP contribution in [0.3, 0.4) is 0 Å². The highest BCUT2D eigenvalue weighted by Gasteiger charge is 2.14. The second-order valence-corrected chi connectivity index (χ2v) is 5.07. The molecule has 0 aromatic heterocycles. The van der Waals surface area contributed by atoms with Crippen LogP contribution in [0, 0.1) is 10.1 Å². The highest BCUT2D eigenvalue weighted by molar-refractivity contribution is 5.93. The van der Waals surface area contributed by atoms with E-state index in [9.17, 15) is 19.7 Å². The standard InChI is InChI=1S/C17H17N3O5/c1-18-17(22)13-8-6-12(7-9-13)10-19-16(21)11-25-15-5-3-2-4-14(15)20(23)24/h2-9H,10-11H2,1H3,(H,18,22)(H,19,21). The summed E-state index contributed by atoms with van der Waals surface area (Å²) in [7, 11) is 1.55. The van der Waals surface area contributed by atoms with Gasteiger partial charge in [-0.2, -0.15) is 0 Å². The monoisotopic (exact) mass is 343 g/mol. The first-order chi connectivity index (χ1) is 12.0. The molecule has 0 saturated heterocycles. The summed E-state index contributed by atoms with van der Waals surface area (Å²) in [6, 6.07) is 12.6. The lowest BCUT2D eigenvalue weighted by Gasteiger charge is -2.08. The predicted octanol–water partition coefficient (Wildman–Crippen LogP) is 1.65. The van der Waals surface area contributed by atoms with Crippen LogP contribution in [-0.2, 0) is 11.3 Å². The second-order valence-electron chi connectivity index (χ2n) is 5.07. The van der Waals surface area contributed by atoms with Crippen LogP contribution >= 0.6 is 0 Å². The van der Waals surface area contributed by atoms with Crippen LogP contribution in [-0.4, -0.2) is 30.4 Å². The van der Waals surface area contributed by atoms with Gasteiger partial charge in [-0.05, 0) is 23.8 Å². The van der Waals surface area contributed by atoms with Gasteiger partial charge in [0.15, 0.2) is 12.4 Å².